The van der Waals surface area contributed by atoms with Gasteiger partial charge in [0.25, 0.3) is 0 Å². The van der Waals surface area contributed by atoms with Gasteiger partial charge in [-0.2, -0.15) is 0 Å². The van der Waals surface area contributed by atoms with Gasteiger partial charge in [-0.05, 0) is 48.6 Å². The van der Waals surface area contributed by atoms with E-state index < -0.39 is 0 Å². The predicted molar refractivity (Wildman–Crippen MR) is 91.5 cm³/mol. The van der Waals surface area contributed by atoms with Crippen molar-refractivity contribution in [1.82, 2.24) is 0 Å². The summed E-state index contributed by atoms with van der Waals surface area (Å²) in [6.45, 7) is 6.43. The normalized spacial score (nSPS) is 10.6. The van der Waals surface area contributed by atoms with E-state index in [9.17, 15) is 0 Å². The molecule has 0 saturated carbocycles. The SMILES string of the molecule is Cc1ccc(-c2ccc(-c3ccc(C)cc3)c(C)c2)cc1. The van der Waals surface area contributed by atoms with Crippen LogP contribution in [0, 0.1) is 20.8 Å². The van der Waals surface area contributed by atoms with Gasteiger partial charge in [-0.3, -0.25) is 0 Å². The van der Waals surface area contributed by atoms with Crippen molar-refractivity contribution in [3.05, 3.63) is 83.4 Å². The molecule has 0 fully saturated rings. The molecule has 0 saturated heterocycles. The maximum atomic E-state index is 2.28. The summed E-state index contributed by atoms with van der Waals surface area (Å²) in [5, 5.41) is 0. The van der Waals surface area contributed by atoms with Gasteiger partial charge in [0.15, 0.2) is 0 Å². The van der Waals surface area contributed by atoms with Crippen LogP contribution in [0.5, 0.6) is 0 Å². The van der Waals surface area contributed by atoms with Gasteiger partial charge in [0.1, 0.15) is 0 Å². The zero-order chi connectivity index (χ0) is 14.8. The van der Waals surface area contributed by atoms with Crippen molar-refractivity contribution in [2.75, 3.05) is 0 Å². The first kappa shape index (κ1) is 13.6. The zero-order valence-electron chi connectivity index (χ0n) is 12.9. The molecular formula is C21H20. The van der Waals surface area contributed by atoms with Crippen LogP contribution in [0.25, 0.3) is 22.3 Å². The zero-order valence-corrected chi connectivity index (χ0v) is 12.9. The Morgan fingerprint density at radius 2 is 0.952 bits per heavy atom. The van der Waals surface area contributed by atoms with Crippen LogP contribution < -0.4 is 0 Å². The lowest BCUT2D eigenvalue weighted by atomic mass is 9.95. The molecule has 0 spiro atoms. The molecule has 104 valence electrons. The highest BCUT2D eigenvalue weighted by molar-refractivity contribution is 5.73. The topological polar surface area (TPSA) is 0 Å². The minimum absolute atomic E-state index is 1.28. The average molecular weight is 272 g/mol. The summed E-state index contributed by atoms with van der Waals surface area (Å²) in [7, 11) is 0. The van der Waals surface area contributed by atoms with Crippen molar-refractivity contribution in [3.8, 4) is 22.3 Å². The molecule has 3 rings (SSSR count). The van der Waals surface area contributed by atoms with E-state index in [2.05, 4.69) is 87.5 Å². The van der Waals surface area contributed by atoms with Crippen LogP contribution in [0.3, 0.4) is 0 Å². The number of hydrogen-bond acceptors (Lipinski definition) is 0. The molecule has 3 aromatic carbocycles. The summed E-state index contributed by atoms with van der Waals surface area (Å²) in [5.74, 6) is 0. The number of benzene rings is 3. The molecule has 0 radical (unpaired) electrons. The molecule has 0 heteroatoms. The Kier molecular flexibility index (Phi) is 3.62. The van der Waals surface area contributed by atoms with Gasteiger partial charge < -0.3 is 0 Å². The van der Waals surface area contributed by atoms with Crippen molar-refractivity contribution in [2.45, 2.75) is 20.8 Å². The Balaban J connectivity index is 1.99. The summed E-state index contributed by atoms with van der Waals surface area (Å²) in [6.07, 6.45) is 0. The van der Waals surface area contributed by atoms with E-state index >= 15 is 0 Å². The molecule has 0 bridgehead atoms. The lowest BCUT2D eigenvalue weighted by molar-refractivity contribution is 1.42. The fraction of sp³-hybridized carbons (Fsp3) is 0.143. The van der Waals surface area contributed by atoms with Crippen LogP contribution in [0.4, 0.5) is 0 Å². The Labute approximate surface area is 127 Å². The second-order valence-corrected chi connectivity index (χ2v) is 5.76. The van der Waals surface area contributed by atoms with Gasteiger partial charge in [0.05, 0.1) is 0 Å². The molecule has 21 heavy (non-hydrogen) atoms. The largest absolute Gasteiger partial charge is 0.0587 e. The summed E-state index contributed by atoms with van der Waals surface area (Å²) in [6, 6.07) is 24.2. The van der Waals surface area contributed by atoms with E-state index in [0.29, 0.717) is 0 Å². The number of hydrogen-bond donors (Lipinski definition) is 0. The Morgan fingerprint density at radius 3 is 1.48 bits per heavy atom. The van der Waals surface area contributed by atoms with Crippen LogP contribution >= 0.6 is 0 Å². The third kappa shape index (κ3) is 2.90. The molecule has 0 heterocycles. The van der Waals surface area contributed by atoms with Crippen molar-refractivity contribution in [2.24, 2.45) is 0 Å². The van der Waals surface area contributed by atoms with E-state index in [1.807, 2.05) is 0 Å². The second-order valence-electron chi connectivity index (χ2n) is 5.76. The van der Waals surface area contributed by atoms with E-state index in [-0.39, 0.29) is 0 Å². The molecule has 0 aliphatic rings. The molecule has 0 aromatic heterocycles. The fourth-order valence-corrected chi connectivity index (χ4v) is 2.65. The van der Waals surface area contributed by atoms with Crippen molar-refractivity contribution >= 4 is 0 Å². The second kappa shape index (κ2) is 5.57. The van der Waals surface area contributed by atoms with Crippen molar-refractivity contribution in [1.29, 1.82) is 0 Å². The molecule has 0 aliphatic heterocycles. The quantitative estimate of drug-likeness (QED) is 0.541. The van der Waals surface area contributed by atoms with Gasteiger partial charge in [0.2, 0.25) is 0 Å². The highest BCUT2D eigenvalue weighted by Gasteiger charge is 2.04. The number of aryl methyl sites for hydroxylation is 3. The average Bonchev–Trinajstić information content (AvgIpc) is 2.49. The van der Waals surface area contributed by atoms with Gasteiger partial charge in [0, 0.05) is 0 Å². The molecule has 0 aliphatic carbocycles. The number of rotatable bonds is 2. The monoisotopic (exact) mass is 272 g/mol. The lowest BCUT2D eigenvalue weighted by Gasteiger charge is -2.10. The third-order valence-corrected chi connectivity index (χ3v) is 3.97. The first-order valence-corrected chi connectivity index (χ1v) is 7.38. The minimum atomic E-state index is 1.28. The minimum Gasteiger partial charge on any atom is -0.0587 e. The Bertz CT molecular complexity index is 747. The highest BCUT2D eigenvalue weighted by atomic mass is 14.1. The smallest absolute Gasteiger partial charge is 0.0154 e. The van der Waals surface area contributed by atoms with Crippen LogP contribution in [-0.4, -0.2) is 0 Å². The molecule has 0 atom stereocenters. The Hall–Kier alpha value is -2.34. The maximum absolute atomic E-state index is 2.28. The summed E-state index contributed by atoms with van der Waals surface area (Å²) >= 11 is 0. The maximum Gasteiger partial charge on any atom is -0.0154 e. The lowest BCUT2D eigenvalue weighted by Crippen LogP contribution is -1.86. The predicted octanol–water partition coefficient (Wildman–Crippen LogP) is 5.95. The van der Waals surface area contributed by atoms with Gasteiger partial charge >= 0.3 is 0 Å². The standard InChI is InChI=1S/C21H20/c1-15-4-8-18(9-5-15)20-12-13-21(17(3)14-20)19-10-6-16(2)7-11-19/h4-14H,1-3H3. The van der Waals surface area contributed by atoms with Crippen LogP contribution in [0.15, 0.2) is 66.7 Å². The molecule has 0 nitrogen and oxygen atoms in total. The molecule has 0 amide bonds. The molecular weight excluding hydrogens is 252 g/mol. The van der Waals surface area contributed by atoms with Crippen molar-refractivity contribution in [3.63, 3.8) is 0 Å². The van der Waals surface area contributed by atoms with E-state index in [1.165, 1.54) is 38.9 Å². The van der Waals surface area contributed by atoms with Gasteiger partial charge in [-0.1, -0.05) is 77.9 Å². The highest BCUT2D eigenvalue weighted by Crippen LogP contribution is 2.28. The molecule has 3 aromatic rings. The summed E-state index contributed by atoms with van der Waals surface area (Å²) in [5.41, 5.74) is 9.07. The fourth-order valence-electron chi connectivity index (χ4n) is 2.65. The van der Waals surface area contributed by atoms with Crippen LogP contribution in [-0.2, 0) is 0 Å². The Morgan fingerprint density at radius 1 is 0.476 bits per heavy atom. The summed E-state index contributed by atoms with van der Waals surface area (Å²) in [4.78, 5) is 0. The van der Waals surface area contributed by atoms with Crippen LogP contribution in [0.1, 0.15) is 16.7 Å². The molecule has 0 unspecified atom stereocenters. The van der Waals surface area contributed by atoms with Gasteiger partial charge in [-0.25, -0.2) is 0 Å². The van der Waals surface area contributed by atoms with E-state index in [1.54, 1.807) is 0 Å². The van der Waals surface area contributed by atoms with E-state index in [0.717, 1.165) is 0 Å². The third-order valence-electron chi connectivity index (χ3n) is 3.97. The van der Waals surface area contributed by atoms with Crippen LogP contribution in [0.2, 0.25) is 0 Å². The van der Waals surface area contributed by atoms with Gasteiger partial charge in [-0.15, -0.1) is 0 Å². The molecule has 0 N–H and O–H groups in total. The first-order valence-electron chi connectivity index (χ1n) is 7.38. The summed E-state index contributed by atoms with van der Waals surface area (Å²) < 4.78 is 0. The van der Waals surface area contributed by atoms with E-state index in [4.69, 9.17) is 0 Å². The van der Waals surface area contributed by atoms with Crippen molar-refractivity contribution < 1.29 is 0 Å². The first-order chi connectivity index (χ1) is 10.1.